The van der Waals surface area contributed by atoms with Crippen LogP contribution in [-0.2, 0) is 17.1 Å². The number of nitrogens with one attached hydrogen (secondary N) is 1. The number of rotatable bonds is 5. The number of aryl methyl sites for hydroxylation is 2. The predicted octanol–water partition coefficient (Wildman–Crippen LogP) is 1.59. The first kappa shape index (κ1) is 13.1. The summed E-state index contributed by atoms with van der Waals surface area (Å²) in [7, 11) is -1.78. The summed E-state index contributed by atoms with van der Waals surface area (Å²) in [5.41, 5.74) is 0.707. The van der Waals surface area contributed by atoms with E-state index < -0.39 is 10.0 Å². The van der Waals surface area contributed by atoms with E-state index >= 15 is 0 Å². The van der Waals surface area contributed by atoms with Gasteiger partial charge in [0.1, 0.15) is 0 Å². The van der Waals surface area contributed by atoms with Crippen LogP contribution in [-0.4, -0.2) is 24.2 Å². The second-order valence-corrected chi connectivity index (χ2v) is 7.56. The maximum Gasteiger partial charge on any atom is 0.258 e. The van der Waals surface area contributed by atoms with Crippen LogP contribution in [0.1, 0.15) is 37.7 Å². The summed E-state index contributed by atoms with van der Waals surface area (Å²) in [6, 6.07) is 0.132. The molecule has 1 atom stereocenters. The Labute approximate surface area is 114 Å². The summed E-state index contributed by atoms with van der Waals surface area (Å²) in [4.78, 5) is 0. The number of hydrogen-bond acceptors (Lipinski definition) is 3. The van der Waals surface area contributed by atoms with Gasteiger partial charge in [-0.25, -0.2) is 13.1 Å². The normalized spacial score (nSPS) is 22.2. The van der Waals surface area contributed by atoms with Gasteiger partial charge >= 0.3 is 0 Å². The van der Waals surface area contributed by atoms with Crippen LogP contribution in [0.15, 0.2) is 11.2 Å². The maximum atomic E-state index is 12.6. The van der Waals surface area contributed by atoms with Crippen molar-refractivity contribution in [3.8, 4) is 0 Å². The molecule has 0 saturated heterocycles. The van der Waals surface area contributed by atoms with Gasteiger partial charge in [0.2, 0.25) is 0 Å². The lowest BCUT2D eigenvalue weighted by molar-refractivity contribution is 0.230. The van der Waals surface area contributed by atoms with Crippen molar-refractivity contribution in [3.63, 3.8) is 0 Å². The van der Waals surface area contributed by atoms with E-state index in [0.717, 1.165) is 25.7 Å². The highest BCUT2D eigenvalue weighted by Gasteiger charge is 2.41. The second-order valence-electron chi connectivity index (χ2n) is 5.93. The fourth-order valence-corrected chi connectivity index (χ4v) is 4.71. The fourth-order valence-electron chi connectivity index (χ4n) is 2.99. The highest BCUT2D eigenvalue weighted by atomic mass is 32.2. The molecule has 1 heterocycles. The number of hydrogen-bond donors (Lipinski definition) is 1. The van der Waals surface area contributed by atoms with Crippen LogP contribution in [0, 0.1) is 18.8 Å². The zero-order valence-electron chi connectivity index (χ0n) is 11.5. The number of aromatic nitrogens is 2. The quantitative estimate of drug-likeness (QED) is 0.892. The minimum Gasteiger partial charge on any atom is -0.256 e. The Morgan fingerprint density at radius 3 is 2.37 bits per heavy atom. The van der Waals surface area contributed by atoms with Gasteiger partial charge in [0.25, 0.3) is 10.0 Å². The van der Waals surface area contributed by atoms with Crippen molar-refractivity contribution in [2.75, 3.05) is 0 Å². The molecule has 106 valence electrons. The molecule has 0 amide bonds. The largest absolute Gasteiger partial charge is 0.258 e. The molecule has 0 spiro atoms. The molecule has 3 rings (SSSR count). The van der Waals surface area contributed by atoms with Gasteiger partial charge in [0, 0.05) is 18.7 Å². The smallest absolute Gasteiger partial charge is 0.256 e. The van der Waals surface area contributed by atoms with Crippen LogP contribution in [0.25, 0.3) is 0 Å². The van der Waals surface area contributed by atoms with E-state index in [1.165, 1.54) is 11.1 Å². The van der Waals surface area contributed by atoms with Crippen LogP contribution in [0.4, 0.5) is 0 Å². The van der Waals surface area contributed by atoms with E-state index in [0.29, 0.717) is 22.4 Å². The Morgan fingerprint density at radius 2 is 1.95 bits per heavy atom. The zero-order chi connectivity index (χ0) is 13.6. The molecule has 2 aliphatic rings. The van der Waals surface area contributed by atoms with E-state index in [4.69, 9.17) is 0 Å². The maximum absolute atomic E-state index is 12.6. The molecule has 2 fully saturated rings. The summed E-state index contributed by atoms with van der Waals surface area (Å²) >= 11 is 0. The molecule has 6 heteroatoms. The third kappa shape index (κ3) is 2.43. The molecule has 1 N–H and O–H groups in total. The molecule has 1 unspecified atom stereocenters. The van der Waals surface area contributed by atoms with Gasteiger partial charge in [-0.1, -0.05) is 6.42 Å². The Bertz CT molecular complexity index is 551. The molecule has 5 nitrogen and oxygen atoms in total. The van der Waals surface area contributed by atoms with Crippen molar-refractivity contribution in [1.82, 2.24) is 14.5 Å². The van der Waals surface area contributed by atoms with Crippen LogP contribution < -0.4 is 4.72 Å². The van der Waals surface area contributed by atoms with Crippen LogP contribution in [0.2, 0.25) is 0 Å². The van der Waals surface area contributed by atoms with Gasteiger partial charge in [-0.2, -0.15) is 5.10 Å². The van der Waals surface area contributed by atoms with Gasteiger partial charge in [0.05, 0.1) is 6.20 Å². The molecule has 0 bridgehead atoms. The lowest BCUT2D eigenvalue weighted by Gasteiger charge is -2.34. The van der Waals surface area contributed by atoms with E-state index in [9.17, 15) is 8.42 Å². The summed E-state index contributed by atoms with van der Waals surface area (Å²) in [5, 5.41) is 4.33. The topological polar surface area (TPSA) is 64.0 Å². The molecule has 0 radical (unpaired) electrons. The van der Waals surface area contributed by atoms with Gasteiger partial charge in [-0.3, -0.25) is 4.68 Å². The number of sulfonamides is 1. The van der Waals surface area contributed by atoms with E-state index in [1.54, 1.807) is 20.2 Å². The Morgan fingerprint density at radius 1 is 1.32 bits per heavy atom. The lowest BCUT2D eigenvalue weighted by atomic mass is 9.78. The molecule has 0 aliphatic heterocycles. The van der Waals surface area contributed by atoms with Crippen molar-refractivity contribution in [3.05, 3.63) is 11.8 Å². The minimum atomic E-state index is -3.45. The third-order valence-electron chi connectivity index (χ3n) is 4.39. The molecular weight excluding hydrogens is 262 g/mol. The average Bonchev–Trinajstić information content (AvgIpc) is 3.01. The van der Waals surface area contributed by atoms with E-state index in [2.05, 4.69) is 9.82 Å². The molecule has 0 aromatic carbocycles. The van der Waals surface area contributed by atoms with E-state index in [-0.39, 0.29) is 6.04 Å². The lowest BCUT2D eigenvalue weighted by Crippen LogP contribution is -2.44. The first-order chi connectivity index (χ1) is 8.99. The number of nitrogens with zero attached hydrogens (tertiary/aromatic N) is 2. The van der Waals surface area contributed by atoms with Crippen molar-refractivity contribution >= 4 is 10.0 Å². The van der Waals surface area contributed by atoms with Crippen molar-refractivity contribution < 1.29 is 8.42 Å². The van der Waals surface area contributed by atoms with Gasteiger partial charge in [-0.05, 0) is 44.4 Å². The Balaban J connectivity index is 1.84. The van der Waals surface area contributed by atoms with Crippen LogP contribution >= 0.6 is 0 Å². The Hall–Kier alpha value is -0.880. The van der Waals surface area contributed by atoms with Gasteiger partial charge < -0.3 is 0 Å². The molecule has 19 heavy (non-hydrogen) atoms. The first-order valence-electron chi connectivity index (χ1n) is 7.00. The SMILES string of the molecule is Cc1cnn(C)c1S(=O)(=O)NC(C1CCC1)C1CC1. The fraction of sp³-hybridized carbons (Fsp3) is 0.769. The van der Waals surface area contributed by atoms with Crippen LogP contribution in [0.5, 0.6) is 0 Å². The molecule has 1 aromatic rings. The highest BCUT2D eigenvalue weighted by molar-refractivity contribution is 7.89. The van der Waals surface area contributed by atoms with Crippen molar-refractivity contribution in [2.24, 2.45) is 18.9 Å². The first-order valence-corrected chi connectivity index (χ1v) is 8.48. The summed E-state index contributed by atoms with van der Waals surface area (Å²) in [5.74, 6) is 1.09. The third-order valence-corrected chi connectivity index (χ3v) is 6.07. The van der Waals surface area contributed by atoms with Gasteiger partial charge in [-0.15, -0.1) is 0 Å². The summed E-state index contributed by atoms with van der Waals surface area (Å²) < 4.78 is 29.5. The summed E-state index contributed by atoms with van der Waals surface area (Å²) in [6.45, 7) is 1.79. The van der Waals surface area contributed by atoms with Crippen LogP contribution in [0.3, 0.4) is 0 Å². The second kappa shape index (κ2) is 4.59. The van der Waals surface area contributed by atoms with Crippen molar-refractivity contribution in [1.29, 1.82) is 0 Å². The Kier molecular flexibility index (Phi) is 3.17. The molecular formula is C13H21N3O2S. The molecule has 1 aromatic heterocycles. The average molecular weight is 283 g/mol. The predicted molar refractivity (Wildman–Crippen MR) is 72.1 cm³/mol. The van der Waals surface area contributed by atoms with Crippen molar-refractivity contribution in [2.45, 2.75) is 50.1 Å². The minimum absolute atomic E-state index is 0.132. The summed E-state index contributed by atoms with van der Waals surface area (Å²) in [6.07, 6.45) is 7.48. The zero-order valence-corrected chi connectivity index (χ0v) is 12.3. The van der Waals surface area contributed by atoms with E-state index in [1.807, 2.05) is 0 Å². The highest BCUT2D eigenvalue weighted by Crippen LogP contribution is 2.42. The molecule has 2 saturated carbocycles. The monoisotopic (exact) mass is 283 g/mol. The van der Waals surface area contributed by atoms with Gasteiger partial charge in [0.15, 0.2) is 5.03 Å². The standard InChI is InChI=1S/C13H21N3O2S/c1-9-8-14-16(2)13(9)19(17,18)15-12(11-6-7-11)10-4-3-5-10/h8,10-12,15H,3-7H2,1-2H3. The molecule has 2 aliphatic carbocycles.